The van der Waals surface area contributed by atoms with Crippen molar-refractivity contribution in [3.63, 3.8) is 0 Å². The maximum Gasteiger partial charge on any atom is 0.339 e. The van der Waals surface area contributed by atoms with Crippen LogP contribution in [0.4, 0.5) is 0 Å². The van der Waals surface area contributed by atoms with Crippen LogP contribution in [0.5, 0.6) is 0 Å². The van der Waals surface area contributed by atoms with E-state index in [2.05, 4.69) is 9.97 Å². The van der Waals surface area contributed by atoms with Crippen LogP contribution in [0.3, 0.4) is 0 Å². The number of hydrogen-bond donors (Lipinski definition) is 1. The van der Waals surface area contributed by atoms with Crippen LogP contribution in [0, 0.1) is 27.7 Å². The van der Waals surface area contributed by atoms with Crippen LogP contribution >= 0.6 is 0 Å². The number of imidazole rings is 1. The van der Waals surface area contributed by atoms with Crippen LogP contribution in [0.2, 0.25) is 0 Å². The molecule has 5 rings (SSSR count). The highest BCUT2D eigenvalue weighted by molar-refractivity contribution is 6.00. The van der Waals surface area contributed by atoms with E-state index in [4.69, 9.17) is 8.83 Å². The van der Waals surface area contributed by atoms with Crippen molar-refractivity contribution in [2.24, 2.45) is 0 Å². The van der Waals surface area contributed by atoms with Crippen molar-refractivity contribution in [2.75, 3.05) is 6.54 Å². The Morgan fingerprint density at radius 1 is 1.10 bits per heavy atom. The van der Waals surface area contributed by atoms with Crippen molar-refractivity contribution in [3.05, 3.63) is 62.2 Å². The number of fused-ring (bicyclic) bond motifs is 3. The van der Waals surface area contributed by atoms with Gasteiger partial charge < -0.3 is 18.7 Å². The molecule has 0 bridgehead atoms. The van der Waals surface area contributed by atoms with Gasteiger partial charge in [-0.25, -0.2) is 9.78 Å². The molecule has 0 unspecified atom stereocenters. The largest absolute Gasteiger partial charge is 0.461 e. The van der Waals surface area contributed by atoms with Crippen molar-refractivity contribution in [1.82, 2.24) is 14.9 Å². The molecule has 3 aromatic heterocycles. The molecule has 1 amide bonds. The number of rotatable bonds is 3. The lowest BCUT2D eigenvalue weighted by molar-refractivity contribution is -0.132. The van der Waals surface area contributed by atoms with Crippen LogP contribution < -0.4 is 5.63 Å². The van der Waals surface area contributed by atoms with Crippen molar-refractivity contribution >= 4 is 27.8 Å². The van der Waals surface area contributed by atoms with Gasteiger partial charge in [0.25, 0.3) is 0 Å². The number of furan rings is 1. The van der Waals surface area contributed by atoms with Gasteiger partial charge in [-0.1, -0.05) is 0 Å². The van der Waals surface area contributed by atoms with Gasteiger partial charge in [-0.15, -0.1) is 0 Å². The normalized spacial score (nSPS) is 13.9. The van der Waals surface area contributed by atoms with E-state index >= 15 is 0 Å². The van der Waals surface area contributed by atoms with Crippen LogP contribution in [0.15, 0.2) is 26.0 Å². The zero-order chi connectivity index (χ0) is 21.9. The fourth-order valence-corrected chi connectivity index (χ4v) is 4.60. The Morgan fingerprint density at radius 2 is 1.84 bits per heavy atom. The molecule has 7 nitrogen and oxygen atoms in total. The Bertz CT molecular complexity index is 1410. The number of aromatic amines is 1. The average molecular weight is 419 g/mol. The summed E-state index contributed by atoms with van der Waals surface area (Å²) in [4.78, 5) is 34.8. The van der Waals surface area contributed by atoms with E-state index in [-0.39, 0.29) is 18.0 Å². The number of benzene rings is 1. The molecule has 0 saturated carbocycles. The second kappa shape index (κ2) is 7.11. The van der Waals surface area contributed by atoms with Gasteiger partial charge in [0.2, 0.25) is 5.91 Å². The van der Waals surface area contributed by atoms with Gasteiger partial charge in [-0.3, -0.25) is 4.79 Å². The number of amides is 1. The predicted molar refractivity (Wildman–Crippen MR) is 117 cm³/mol. The molecule has 1 aliphatic heterocycles. The van der Waals surface area contributed by atoms with Crippen LogP contribution in [0.25, 0.3) is 21.9 Å². The van der Waals surface area contributed by atoms with Gasteiger partial charge in [0, 0.05) is 41.3 Å². The smallest absolute Gasteiger partial charge is 0.339 e. The number of aryl methyl sites for hydroxylation is 4. The molecule has 31 heavy (non-hydrogen) atoms. The van der Waals surface area contributed by atoms with Crippen molar-refractivity contribution in [1.29, 1.82) is 0 Å². The summed E-state index contributed by atoms with van der Waals surface area (Å²) in [6.07, 6.45) is 3.05. The summed E-state index contributed by atoms with van der Waals surface area (Å²) in [5, 5.41) is 1.93. The number of H-pyrrole nitrogens is 1. The Hall–Kier alpha value is -3.35. The highest BCUT2D eigenvalue weighted by Gasteiger charge is 2.24. The molecule has 160 valence electrons. The quantitative estimate of drug-likeness (QED) is 0.507. The molecule has 4 aromatic rings. The Labute approximate surface area is 179 Å². The minimum atomic E-state index is -0.380. The van der Waals surface area contributed by atoms with E-state index in [0.717, 1.165) is 56.6 Å². The van der Waals surface area contributed by atoms with E-state index in [9.17, 15) is 9.59 Å². The number of nitrogens with zero attached hydrogens (tertiary/aromatic N) is 2. The van der Waals surface area contributed by atoms with Gasteiger partial charge in [-0.05, 0) is 51.3 Å². The first-order valence-corrected chi connectivity index (χ1v) is 10.6. The monoisotopic (exact) mass is 419 g/mol. The zero-order valence-corrected chi connectivity index (χ0v) is 18.2. The Morgan fingerprint density at radius 3 is 2.65 bits per heavy atom. The number of nitrogens with one attached hydrogen (secondary N) is 1. The third-order valence-corrected chi connectivity index (χ3v) is 6.66. The summed E-state index contributed by atoms with van der Waals surface area (Å²) in [6, 6.07) is 2.04. The summed E-state index contributed by atoms with van der Waals surface area (Å²) >= 11 is 0. The van der Waals surface area contributed by atoms with Gasteiger partial charge in [0.15, 0.2) is 0 Å². The molecule has 7 heteroatoms. The standard InChI is InChI=1S/C24H25N3O4/c1-12-15(4)30-22-14(3)23-18(9-17(12)22)13(2)16(24(29)31-23)5-6-21(28)27-8-7-19-20(10-27)26-11-25-19/h9,11H,5-8,10H2,1-4H3,(H,25,26). The summed E-state index contributed by atoms with van der Waals surface area (Å²) < 4.78 is 11.6. The molecular weight excluding hydrogens is 394 g/mol. The first-order chi connectivity index (χ1) is 14.8. The first-order valence-electron chi connectivity index (χ1n) is 10.6. The molecule has 1 N–H and O–H groups in total. The summed E-state index contributed by atoms with van der Waals surface area (Å²) in [5.41, 5.74) is 6.31. The topological polar surface area (TPSA) is 92.3 Å². The van der Waals surface area contributed by atoms with E-state index in [1.165, 1.54) is 0 Å². The number of hydrogen-bond acceptors (Lipinski definition) is 5. The third kappa shape index (κ3) is 3.07. The van der Waals surface area contributed by atoms with E-state index in [1.807, 2.05) is 38.7 Å². The molecule has 0 radical (unpaired) electrons. The fraction of sp³-hybridized carbons (Fsp3) is 0.375. The molecule has 0 spiro atoms. The maximum atomic E-state index is 12.8. The van der Waals surface area contributed by atoms with Crippen LogP contribution in [-0.2, 0) is 24.2 Å². The molecule has 1 aromatic carbocycles. The zero-order valence-electron chi connectivity index (χ0n) is 18.2. The van der Waals surface area contributed by atoms with Gasteiger partial charge in [0.1, 0.15) is 16.9 Å². The van der Waals surface area contributed by atoms with E-state index in [1.54, 1.807) is 6.33 Å². The SMILES string of the molecule is Cc1oc2c(C)c3oc(=O)c(CCC(=O)N4CCc5nc[nH]c5C4)c(C)c3cc2c1C. The van der Waals surface area contributed by atoms with Crippen LogP contribution in [0.1, 0.15) is 45.8 Å². The first kappa shape index (κ1) is 19.6. The Kier molecular flexibility index (Phi) is 4.50. The van der Waals surface area contributed by atoms with Crippen LogP contribution in [-0.4, -0.2) is 27.3 Å². The molecule has 1 aliphatic rings. The Balaban J connectivity index is 1.46. The van der Waals surface area contributed by atoms with E-state index in [0.29, 0.717) is 30.7 Å². The van der Waals surface area contributed by atoms with Crippen molar-refractivity contribution < 1.29 is 13.6 Å². The second-order valence-electron chi connectivity index (χ2n) is 8.42. The maximum absolute atomic E-state index is 12.8. The molecular formula is C24H25N3O4. The number of aromatic nitrogens is 2. The highest BCUT2D eigenvalue weighted by atomic mass is 16.4. The summed E-state index contributed by atoms with van der Waals surface area (Å²) in [7, 11) is 0. The molecule has 4 heterocycles. The third-order valence-electron chi connectivity index (χ3n) is 6.66. The molecule has 0 atom stereocenters. The highest BCUT2D eigenvalue weighted by Crippen LogP contribution is 2.34. The van der Waals surface area contributed by atoms with E-state index < -0.39 is 0 Å². The van der Waals surface area contributed by atoms with Gasteiger partial charge in [0.05, 0.1) is 24.3 Å². The summed E-state index contributed by atoms with van der Waals surface area (Å²) in [6.45, 7) is 9.01. The molecule has 0 aliphatic carbocycles. The minimum absolute atomic E-state index is 0.0343. The summed E-state index contributed by atoms with van der Waals surface area (Å²) in [5.74, 6) is 0.897. The minimum Gasteiger partial charge on any atom is -0.461 e. The van der Waals surface area contributed by atoms with Crippen molar-refractivity contribution in [2.45, 2.75) is 53.5 Å². The second-order valence-corrected chi connectivity index (χ2v) is 8.42. The van der Waals surface area contributed by atoms with Gasteiger partial charge in [-0.2, -0.15) is 0 Å². The molecule has 0 saturated heterocycles. The lowest BCUT2D eigenvalue weighted by atomic mass is 9.98. The number of carbonyl (C=O) groups is 1. The molecule has 0 fully saturated rings. The lowest BCUT2D eigenvalue weighted by Gasteiger charge is -2.26. The average Bonchev–Trinajstić information content (AvgIpc) is 3.33. The van der Waals surface area contributed by atoms with Gasteiger partial charge >= 0.3 is 5.63 Å². The van der Waals surface area contributed by atoms with Crippen molar-refractivity contribution in [3.8, 4) is 0 Å². The lowest BCUT2D eigenvalue weighted by Crippen LogP contribution is -2.36. The predicted octanol–water partition coefficient (Wildman–Crippen LogP) is 4.01. The number of carbonyl (C=O) groups excluding carboxylic acids is 1. The fourth-order valence-electron chi connectivity index (χ4n) is 4.60.